The SMILES string of the molecule is CNC(=O)c1cccc(NC(C)Cc2ccccc2F)c1. The Hall–Kier alpha value is -2.36. The van der Waals surface area contributed by atoms with Crippen molar-refractivity contribution >= 4 is 11.6 Å². The first-order chi connectivity index (χ1) is 10.1. The van der Waals surface area contributed by atoms with E-state index >= 15 is 0 Å². The van der Waals surface area contributed by atoms with Crippen LogP contribution in [-0.2, 0) is 6.42 Å². The maximum atomic E-state index is 13.6. The number of rotatable bonds is 5. The van der Waals surface area contributed by atoms with Crippen LogP contribution in [0, 0.1) is 5.82 Å². The highest BCUT2D eigenvalue weighted by molar-refractivity contribution is 5.94. The smallest absolute Gasteiger partial charge is 0.251 e. The number of anilines is 1. The molecule has 0 saturated heterocycles. The first kappa shape index (κ1) is 15.0. The zero-order valence-electron chi connectivity index (χ0n) is 12.2. The number of carbonyl (C=O) groups is 1. The van der Waals surface area contributed by atoms with E-state index in [9.17, 15) is 9.18 Å². The van der Waals surface area contributed by atoms with Crippen LogP contribution >= 0.6 is 0 Å². The molecule has 3 nitrogen and oxygen atoms in total. The van der Waals surface area contributed by atoms with Crippen molar-refractivity contribution in [2.24, 2.45) is 0 Å². The monoisotopic (exact) mass is 286 g/mol. The number of carbonyl (C=O) groups excluding carboxylic acids is 1. The highest BCUT2D eigenvalue weighted by atomic mass is 19.1. The van der Waals surface area contributed by atoms with Gasteiger partial charge in [-0.2, -0.15) is 0 Å². The Morgan fingerprint density at radius 1 is 1.19 bits per heavy atom. The van der Waals surface area contributed by atoms with Crippen molar-refractivity contribution in [3.8, 4) is 0 Å². The molecule has 0 aliphatic carbocycles. The van der Waals surface area contributed by atoms with Crippen molar-refractivity contribution in [3.63, 3.8) is 0 Å². The first-order valence-electron chi connectivity index (χ1n) is 6.92. The summed E-state index contributed by atoms with van der Waals surface area (Å²) in [6.07, 6.45) is 0.580. The van der Waals surface area contributed by atoms with Crippen molar-refractivity contribution in [2.75, 3.05) is 12.4 Å². The quantitative estimate of drug-likeness (QED) is 0.886. The standard InChI is InChI=1S/C17H19FN2O/c1-12(10-13-6-3-4-9-16(13)18)20-15-8-5-7-14(11-15)17(21)19-2/h3-9,11-12,20H,10H2,1-2H3,(H,19,21). The summed E-state index contributed by atoms with van der Waals surface area (Å²) in [7, 11) is 1.60. The molecule has 2 N–H and O–H groups in total. The summed E-state index contributed by atoms with van der Waals surface area (Å²) in [5, 5.41) is 5.88. The summed E-state index contributed by atoms with van der Waals surface area (Å²) in [6, 6.07) is 14.1. The molecule has 2 aromatic rings. The number of nitrogens with one attached hydrogen (secondary N) is 2. The van der Waals surface area contributed by atoms with Crippen LogP contribution in [0.4, 0.5) is 10.1 Å². The lowest BCUT2D eigenvalue weighted by Crippen LogP contribution is -2.20. The molecule has 0 bridgehead atoms. The lowest BCUT2D eigenvalue weighted by molar-refractivity contribution is 0.0963. The second-order valence-electron chi connectivity index (χ2n) is 5.00. The zero-order chi connectivity index (χ0) is 15.2. The third-order valence-electron chi connectivity index (χ3n) is 3.25. The minimum Gasteiger partial charge on any atom is -0.382 e. The van der Waals surface area contributed by atoms with E-state index in [1.165, 1.54) is 6.07 Å². The largest absolute Gasteiger partial charge is 0.382 e. The molecule has 0 saturated carbocycles. The van der Waals surface area contributed by atoms with Crippen LogP contribution < -0.4 is 10.6 Å². The lowest BCUT2D eigenvalue weighted by Gasteiger charge is -2.16. The van der Waals surface area contributed by atoms with Gasteiger partial charge in [-0.3, -0.25) is 4.79 Å². The molecular formula is C17H19FN2O. The Labute approximate surface area is 124 Å². The van der Waals surface area contributed by atoms with E-state index in [1.807, 2.05) is 25.1 Å². The van der Waals surface area contributed by atoms with E-state index in [2.05, 4.69) is 10.6 Å². The van der Waals surface area contributed by atoms with E-state index in [4.69, 9.17) is 0 Å². The normalized spacial score (nSPS) is 11.8. The van der Waals surface area contributed by atoms with Crippen molar-refractivity contribution in [1.29, 1.82) is 0 Å². The second-order valence-corrected chi connectivity index (χ2v) is 5.00. The van der Waals surface area contributed by atoms with Crippen molar-refractivity contribution in [3.05, 3.63) is 65.5 Å². The van der Waals surface area contributed by atoms with Gasteiger partial charge in [0.1, 0.15) is 5.82 Å². The maximum Gasteiger partial charge on any atom is 0.251 e. The number of halogens is 1. The van der Waals surface area contributed by atoms with Crippen molar-refractivity contribution in [1.82, 2.24) is 5.32 Å². The molecule has 4 heteroatoms. The van der Waals surface area contributed by atoms with E-state index in [-0.39, 0.29) is 17.8 Å². The van der Waals surface area contributed by atoms with Gasteiger partial charge >= 0.3 is 0 Å². The molecule has 1 amide bonds. The van der Waals surface area contributed by atoms with E-state index in [0.29, 0.717) is 17.5 Å². The molecule has 1 unspecified atom stereocenters. The van der Waals surface area contributed by atoms with Crippen LogP contribution in [0.25, 0.3) is 0 Å². The number of amides is 1. The molecule has 1 atom stereocenters. The van der Waals surface area contributed by atoms with Gasteiger partial charge in [0.25, 0.3) is 5.91 Å². The molecule has 2 aromatic carbocycles. The highest BCUT2D eigenvalue weighted by Gasteiger charge is 2.09. The predicted molar refractivity (Wildman–Crippen MR) is 83.0 cm³/mol. The Morgan fingerprint density at radius 3 is 2.67 bits per heavy atom. The Kier molecular flexibility index (Phi) is 4.93. The van der Waals surface area contributed by atoms with Gasteiger partial charge in [0.15, 0.2) is 0 Å². The first-order valence-corrected chi connectivity index (χ1v) is 6.92. The summed E-state index contributed by atoms with van der Waals surface area (Å²) in [5.41, 5.74) is 2.13. The molecule has 110 valence electrons. The zero-order valence-corrected chi connectivity index (χ0v) is 12.2. The molecule has 0 heterocycles. The fourth-order valence-electron chi connectivity index (χ4n) is 2.22. The molecule has 0 radical (unpaired) electrons. The fourth-order valence-corrected chi connectivity index (χ4v) is 2.22. The molecule has 0 spiro atoms. The number of hydrogen-bond acceptors (Lipinski definition) is 2. The minimum atomic E-state index is -0.190. The van der Waals surface area contributed by atoms with Gasteiger partial charge in [-0.15, -0.1) is 0 Å². The van der Waals surface area contributed by atoms with Gasteiger partial charge < -0.3 is 10.6 Å². The summed E-state index contributed by atoms with van der Waals surface area (Å²) in [5.74, 6) is -0.314. The maximum absolute atomic E-state index is 13.6. The third-order valence-corrected chi connectivity index (χ3v) is 3.25. The third kappa shape index (κ3) is 4.05. The molecule has 0 aliphatic heterocycles. The van der Waals surface area contributed by atoms with Gasteiger partial charge in [0.2, 0.25) is 0 Å². The van der Waals surface area contributed by atoms with Crippen LogP contribution in [0.2, 0.25) is 0 Å². The van der Waals surface area contributed by atoms with E-state index < -0.39 is 0 Å². The summed E-state index contributed by atoms with van der Waals surface area (Å²) >= 11 is 0. The Bertz CT molecular complexity index is 628. The highest BCUT2D eigenvalue weighted by Crippen LogP contribution is 2.15. The van der Waals surface area contributed by atoms with Gasteiger partial charge in [0, 0.05) is 24.3 Å². The van der Waals surface area contributed by atoms with Gasteiger partial charge in [0.05, 0.1) is 0 Å². The Morgan fingerprint density at radius 2 is 1.95 bits per heavy atom. The van der Waals surface area contributed by atoms with Crippen LogP contribution in [0.5, 0.6) is 0 Å². The van der Waals surface area contributed by atoms with Crippen LogP contribution in [-0.4, -0.2) is 19.0 Å². The minimum absolute atomic E-state index is 0.0573. The number of benzene rings is 2. The summed E-state index contributed by atoms with van der Waals surface area (Å²) in [6.45, 7) is 1.99. The van der Waals surface area contributed by atoms with Crippen molar-refractivity contribution < 1.29 is 9.18 Å². The van der Waals surface area contributed by atoms with E-state index in [0.717, 1.165) is 5.69 Å². The van der Waals surface area contributed by atoms with Gasteiger partial charge in [-0.05, 0) is 43.2 Å². The van der Waals surface area contributed by atoms with Crippen molar-refractivity contribution in [2.45, 2.75) is 19.4 Å². The molecular weight excluding hydrogens is 267 g/mol. The lowest BCUT2D eigenvalue weighted by atomic mass is 10.1. The average Bonchev–Trinajstić information content (AvgIpc) is 2.49. The summed E-state index contributed by atoms with van der Waals surface area (Å²) in [4.78, 5) is 11.6. The van der Waals surface area contributed by atoms with Crippen LogP contribution in [0.15, 0.2) is 48.5 Å². The predicted octanol–water partition coefficient (Wildman–Crippen LogP) is 3.23. The summed E-state index contributed by atoms with van der Waals surface area (Å²) < 4.78 is 13.6. The second kappa shape index (κ2) is 6.88. The van der Waals surface area contributed by atoms with Gasteiger partial charge in [-0.1, -0.05) is 24.3 Å². The average molecular weight is 286 g/mol. The molecule has 21 heavy (non-hydrogen) atoms. The number of hydrogen-bond donors (Lipinski definition) is 2. The Balaban J connectivity index is 2.04. The van der Waals surface area contributed by atoms with Gasteiger partial charge in [-0.25, -0.2) is 4.39 Å². The fraction of sp³-hybridized carbons (Fsp3) is 0.235. The molecule has 0 aromatic heterocycles. The topological polar surface area (TPSA) is 41.1 Å². The molecule has 0 aliphatic rings. The van der Waals surface area contributed by atoms with Crippen LogP contribution in [0.3, 0.4) is 0 Å². The molecule has 2 rings (SSSR count). The van der Waals surface area contributed by atoms with Crippen LogP contribution in [0.1, 0.15) is 22.8 Å². The molecule has 0 fully saturated rings. The van der Waals surface area contributed by atoms with E-state index in [1.54, 1.807) is 31.3 Å².